The third-order valence-corrected chi connectivity index (χ3v) is 3.46. The van der Waals surface area contributed by atoms with E-state index in [0.29, 0.717) is 5.56 Å². The van der Waals surface area contributed by atoms with Gasteiger partial charge < -0.3 is 9.47 Å². The number of carbonyl (C=O) groups excluding carboxylic acids is 2. The molecule has 0 saturated carbocycles. The van der Waals surface area contributed by atoms with Crippen molar-refractivity contribution in [2.75, 3.05) is 13.7 Å². The number of rotatable bonds is 6. The second-order valence-corrected chi connectivity index (χ2v) is 5.10. The van der Waals surface area contributed by atoms with Gasteiger partial charge in [0.05, 0.1) is 17.6 Å². The maximum atomic E-state index is 13.8. The molecular weight excluding hydrogens is 333 g/mol. The van der Waals surface area contributed by atoms with E-state index in [1.807, 2.05) is 0 Å². The van der Waals surface area contributed by atoms with Crippen LogP contribution in [0.2, 0.25) is 0 Å². The molecule has 0 radical (unpaired) electrons. The molecule has 0 amide bonds. The van der Waals surface area contributed by atoms with Crippen molar-refractivity contribution in [1.29, 1.82) is 0 Å². The first-order valence-electron chi connectivity index (χ1n) is 7.12. The molecule has 0 N–H and O–H groups in total. The number of halogens is 1. The number of nitrogens with zero attached hydrogens (tertiary/aromatic N) is 1. The Labute approximate surface area is 142 Å². The zero-order chi connectivity index (χ0) is 18.6. The summed E-state index contributed by atoms with van der Waals surface area (Å²) in [5, 5.41) is 10.9. The van der Waals surface area contributed by atoms with Crippen LogP contribution < -0.4 is 4.74 Å². The number of nitro benzene ring substituents is 1. The summed E-state index contributed by atoms with van der Waals surface area (Å²) in [5.41, 5.74) is -0.124. The van der Waals surface area contributed by atoms with Crippen molar-refractivity contribution in [1.82, 2.24) is 0 Å². The van der Waals surface area contributed by atoms with Gasteiger partial charge in [-0.25, -0.2) is 9.18 Å². The Balaban J connectivity index is 2.08. The predicted octanol–water partition coefficient (Wildman–Crippen LogP) is 3.09. The molecule has 0 aromatic heterocycles. The fourth-order valence-corrected chi connectivity index (χ4v) is 2.06. The zero-order valence-corrected chi connectivity index (χ0v) is 13.4. The maximum Gasteiger partial charge on any atom is 0.341 e. The molecule has 0 spiro atoms. The third kappa shape index (κ3) is 4.17. The summed E-state index contributed by atoms with van der Waals surface area (Å²) >= 11 is 0. The summed E-state index contributed by atoms with van der Waals surface area (Å²) in [6.45, 7) is 0.878. The van der Waals surface area contributed by atoms with Crippen LogP contribution in [0.5, 0.6) is 5.75 Å². The maximum absolute atomic E-state index is 13.8. The van der Waals surface area contributed by atoms with E-state index in [0.717, 1.165) is 12.1 Å². The average molecular weight is 347 g/mol. The number of methoxy groups -OCH3 is 1. The molecule has 25 heavy (non-hydrogen) atoms. The number of nitro groups is 1. The summed E-state index contributed by atoms with van der Waals surface area (Å²) in [6, 6.07) is 7.51. The minimum absolute atomic E-state index is 0.0281. The number of benzene rings is 2. The Hall–Kier alpha value is -3.29. The summed E-state index contributed by atoms with van der Waals surface area (Å²) in [4.78, 5) is 34.2. The van der Waals surface area contributed by atoms with Gasteiger partial charge in [-0.2, -0.15) is 0 Å². The van der Waals surface area contributed by atoms with Crippen LogP contribution in [0.3, 0.4) is 0 Å². The van der Waals surface area contributed by atoms with Gasteiger partial charge in [-0.15, -0.1) is 0 Å². The molecule has 2 aromatic rings. The molecule has 0 heterocycles. The number of esters is 1. The second kappa shape index (κ2) is 7.52. The Morgan fingerprint density at radius 3 is 2.52 bits per heavy atom. The first-order valence-corrected chi connectivity index (χ1v) is 7.12. The van der Waals surface area contributed by atoms with Gasteiger partial charge in [0.1, 0.15) is 11.6 Å². The molecule has 2 aromatic carbocycles. The topological polar surface area (TPSA) is 95.7 Å². The molecule has 0 bridgehead atoms. The van der Waals surface area contributed by atoms with E-state index >= 15 is 0 Å². The van der Waals surface area contributed by atoms with E-state index in [1.54, 1.807) is 6.92 Å². The molecule has 0 fully saturated rings. The van der Waals surface area contributed by atoms with Crippen LogP contribution >= 0.6 is 0 Å². The van der Waals surface area contributed by atoms with Gasteiger partial charge in [-0.05, 0) is 19.1 Å². The van der Waals surface area contributed by atoms with Gasteiger partial charge in [-0.3, -0.25) is 14.9 Å². The van der Waals surface area contributed by atoms with E-state index in [-0.39, 0.29) is 22.6 Å². The van der Waals surface area contributed by atoms with Crippen molar-refractivity contribution in [3.63, 3.8) is 0 Å². The van der Waals surface area contributed by atoms with Gasteiger partial charge in [0.2, 0.25) is 5.78 Å². The first kappa shape index (κ1) is 18.1. The molecule has 0 unspecified atom stereocenters. The van der Waals surface area contributed by atoms with Crippen molar-refractivity contribution < 1.29 is 28.4 Å². The summed E-state index contributed by atoms with van der Waals surface area (Å²) in [6.07, 6.45) is 0. The van der Waals surface area contributed by atoms with Crippen molar-refractivity contribution >= 4 is 17.4 Å². The first-order chi connectivity index (χ1) is 11.8. The smallest absolute Gasteiger partial charge is 0.341 e. The lowest BCUT2D eigenvalue weighted by Gasteiger charge is -2.07. The van der Waals surface area contributed by atoms with Crippen LogP contribution in [0.4, 0.5) is 10.1 Å². The number of hydrogen-bond donors (Lipinski definition) is 0. The van der Waals surface area contributed by atoms with Crippen LogP contribution in [-0.4, -0.2) is 30.4 Å². The number of aryl methyl sites for hydroxylation is 1. The Morgan fingerprint density at radius 1 is 1.20 bits per heavy atom. The molecule has 2 rings (SSSR count). The van der Waals surface area contributed by atoms with E-state index < -0.39 is 29.1 Å². The van der Waals surface area contributed by atoms with E-state index in [1.165, 1.54) is 31.4 Å². The molecular formula is C17H14FNO6. The van der Waals surface area contributed by atoms with Gasteiger partial charge in [0, 0.05) is 23.3 Å². The number of hydrogen-bond acceptors (Lipinski definition) is 6. The van der Waals surface area contributed by atoms with Gasteiger partial charge in [0.25, 0.3) is 5.69 Å². The van der Waals surface area contributed by atoms with Crippen molar-refractivity contribution in [2.24, 2.45) is 0 Å². The molecule has 0 atom stereocenters. The quantitative estimate of drug-likeness (QED) is 0.345. The van der Waals surface area contributed by atoms with Crippen molar-refractivity contribution in [2.45, 2.75) is 6.92 Å². The highest BCUT2D eigenvalue weighted by atomic mass is 19.1. The number of Topliss-reactive ketones (excluding diaryl/α,β-unsaturated/α-hetero) is 1. The van der Waals surface area contributed by atoms with Crippen molar-refractivity contribution in [3.05, 3.63) is 69.0 Å². The highest BCUT2D eigenvalue weighted by molar-refractivity contribution is 6.00. The predicted molar refractivity (Wildman–Crippen MR) is 85.4 cm³/mol. The minimum atomic E-state index is -1.02. The fraction of sp³-hybridized carbons (Fsp3) is 0.176. The number of ether oxygens (including phenoxy) is 2. The lowest BCUT2D eigenvalue weighted by molar-refractivity contribution is -0.385. The van der Waals surface area contributed by atoms with Crippen molar-refractivity contribution in [3.8, 4) is 5.75 Å². The Kier molecular flexibility index (Phi) is 5.43. The van der Waals surface area contributed by atoms with E-state index in [9.17, 15) is 24.1 Å². The molecule has 0 aliphatic heterocycles. The normalized spacial score (nSPS) is 10.2. The molecule has 130 valence electrons. The lowest BCUT2D eigenvalue weighted by atomic mass is 10.1. The third-order valence-electron chi connectivity index (χ3n) is 3.46. The molecule has 0 aliphatic carbocycles. The molecule has 0 aliphatic rings. The second-order valence-electron chi connectivity index (χ2n) is 5.10. The van der Waals surface area contributed by atoms with Crippen LogP contribution in [0.25, 0.3) is 0 Å². The average Bonchev–Trinajstić information content (AvgIpc) is 2.59. The largest absolute Gasteiger partial charge is 0.497 e. The van der Waals surface area contributed by atoms with E-state index in [4.69, 9.17) is 9.47 Å². The van der Waals surface area contributed by atoms with Crippen LogP contribution in [0, 0.1) is 22.9 Å². The highest BCUT2D eigenvalue weighted by Crippen LogP contribution is 2.20. The SMILES string of the molecule is COc1ccc(C(=O)OCC(=O)c2ccc(C)c([N+](=O)[O-])c2)c(F)c1. The molecule has 0 saturated heterocycles. The number of ketones is 1. The van der Waals surface area contributed by atoms with Crippen LogP contribution in [-0.2, 0) is 4.74 Å². The van der Waals surface area contributed by atoms with Crippen LogP contribution in [0.1, 0.15) is 26.3 Å². The monoisotopic (exact) mass is 347 g/mol. The summed E-state index contributed by atoms with van der Waals surface area (Å²) < 4.78 is 23.4. The molecule has 7 nitrogen and oxygen atoms in total. The highest BCUT2D eigenvalue weighted by Gasteiger charge is 2.18. The Bertz CT molecular complexity index is 849. The summed E-state index contributed by atoms with van der Waals surface area (Å²) in [5.74, 6) is -2.26. The minimum Gasteiger partial charge on any atom is -0.497 e. The zero-order valence-electron chi connectivity index (χ0n) is 13.4. The van der Waals surface area contributed by atoms with E-state index in [2.05, 4.69) is 0 Å². The van der Waals surface area contributed by atoms with Gasteiger partial charge >= 0.3 is 5.97 Å². The summed E-state index contributed by atoms with van der Waals surface area (Å²) in [7, 11) is 1.35. The molecule has 8 heteroatoms. The lowest BCUT2D eigenvalue weighted by Crippen LogP contribution is -2.15. The van der Waals surface area contributed by atoms with Gasteiger partial charge in [-0.1, -0.05) is 12.1 Å². The Morgan fingerprint density at radius 2 is 1.92 bits per heavy atom. The van der Waals surface area contributed by atoms with Gasteiger partial charge in [0.15, 0.2) is 6.61 Å². The standard InChI is InChI=1S/C17H14FNO6/c1-10-3-4-11(7-15(10)19(22)23)16(20)9-25-17(21)13-6-5-12(24-2)8-14(13)18/h3-8H,9H2,1-2H3. The van der Waals surface area contributed by atoms with Crippen LogP contribution in [0.15, 0.2) is 36.4 Å². The number of carbonyl (C=O) groups is 2. The fourth-order valence-electron chi connectivity index (χ4n) is 2.06.